The lowest BCUT2D eigenvalue weighted by molar-refractivity contribution is 0.0698. The topological polar surface area (TPSA) is 61.4 Å². The quantitative estimate of drug-likeness (QED) is 0.494. The molecule has 0 aromatic heterocycles. The predicted octanol–water partition coefficient (Wildman–Crippen LogP) is 1.46. The summed E-state index contributed by atoms with van der Waals surface area (Å²) >= 11 is 5.16. The van der Waals surface area contributed by atoms with E-state index in [2.05, 4.69) is 10.4 Å². The number of carboxylic acids is 1. The third kappa shape index (κ3) is 1.87. The molecule has 0 aliphatic heterocycles. The molecule has 0 spiro atoms. The summed E-state index contributed by atoms with van der Waals surface area (Å²) in [7, 11) is 0. The fraction of sp³-hybridized carbons (Fsp3) is 0. The van der Waals surface area contributed by atoms with Crippen molar-refractivity contribution in [3.63, 3.8) is 0 Å². The van der Waals surface area contributed by atoms with Crippen LogP contribution in [0.5, 0.6) is 0 Å². The van der Waals surface area contributed by atoms with Gasteiger partial charge in [0, 0.05) is 0 Å². The number of hydrogen-bond acceptors (Lipinski definition) is 3. The zero-order valence-corrected chi connectivity index (χ0v) is 6.80. The van der Waals surface area contributed by atoms with Crippen LogP contribution in [-0.2, 0) is 0 Å². The molecule has 0 aliphatic carbocycles. The fourth-order valence-electron chi connectivity index (χ4n) is 0.830. The van der Waals surface area contributed by atoms with Gasteiger partial charge in [-0.1, -0.05) is 12.1 Å². The number of nitrogens with one attached hydrogen (secondary N) is 2. The standard InChI is InChI=1S/C7H7ClN2O2/c8-10-9-6-4-2-1-3-5(6)7(11)12/h1-4,9-10H,(H,11,12). The van der Waals surface area contributed by atoms with E-state index in [0.717, 1.165) is 0 Å². The first-order chi connectivity index (χ1) is 5.75. The van der Waals surface area contributed by atoms with E-state index >= 15 is 0 Å². The average molecular weight is 187 g/mol. The maximum absolute atomic E-state index is 10.6. The number of carbonyl (C=O) groups is 1. The van der Waals surface area contributed by atoms with E-state index in [4.69, 9.17) is 16.9 Å². The number of para-hydroxylation sites is 1. The smallest absolute Gasteiger partial charge is 0.337 e. The van der Waals surface area contributed by atoms with Gasteiger partial charge in [-0.3, -0.25) is 0 Å². The lowest BCUT2D eigenvalue weighted by atomic mass is 10.2. The van der Waals surface area contributed by atoms with Crippen molar-refractivity contribution in [2.24, 2.45) is 0 Å². The first kappa shape index (κ1) is 8.83. The normalized spacial score (nSPS) is 9.42. The van der Waals surface area contributed by atoms with E-state index in [1.807, 2.05) is 0 Å². The summed E-state index contributed by atoms with van der Waals surface area (Å²) in [5, 5.41) is 8.68. The molecule has 0 saturated carbocycles. The van der Waals surface area contributed by atoms with Crippen molar-refractivity contribution < 1.29 is 9.90 Å². The van der Waals surface area contributed by atoms with Crippen molar-refractivity contribution in [3.05, 3.63) is 29.8 Å². The van der Waals surface area contributed by atoms with Gasteiger partial charge in [-0.2, -0.15) is 0 Å². The van der Waals surface area contributed by atoms with Gasteiger partial charge in [-0.05, 0) is 23.9 Å². The van der Waals surface area contributed by atoms with E-state index in [-0.39, 0.29) is 5.56 Å². The Balaban J connectivity index is 3.00. The van der Waals surface area contributed by atoms with Gasteiger partial charge < -0.3 is 10.5 Å². The molecule has 1 aromatic carbocycles. The monoisotopic (exact) mass is 186 g/mol. The van der Waals surface area contributed by atoms with Gasteiger partial charge in [0.1, 0.15) is 0 Å². The number of aromatic carboxylic acids is 1. The van der Waals surface area contributed by atoms with Crippen molar-refractivity contribution >= 4 is 23.4 Å². The summed E-state index contributed by atoms with van der Waals surface area (Å²) in [4.78, 5) is 12.7. The Morgan fingerprint density at radius 2 is 2.08 bits per heavy atom. The molecule has 64 valence electrons. The minimum absolute atomic E-state index is 0.172. The second kappa shape index (κ2) is 3.94. The summed E-state index contributed by atoms with van der Waals surface area (Å²) in [6.45, 7) is 0. The second-order valence-corrected chi connectivity index (χ2v) is 2.26. The van der Waals surface area contributed by atoms with Crippen LogP contribution < -0.4 is 10.4 Å². The SMILES string of the molecule is O=C(O)c1ccccc1NNCl. The van der Waals surface area contributed by atoms with Crippen LogP contribution >= 0.6 is 11.8 Å². The van der Waals surface area contributed by atoms with Gasteiger partial charge in [0.2, 0.25) is 0 Å². The van der Waals surface area contributed by atoms with Gasteiger partial charge in [-0.15, -0.1) is 4.94 Å². The molecule has 0 amide bonds. The molecule has 4 nitrogen and oxygen atoms in total. The molecular formula is C7H7ClN2O2. The van der Waals surface area contributed by atoms with E-state index in [0.29, 0.717) is 5.69 Å². The molecule has 0 radical (unpaired) electrons. The van der Waals surface area contributed by atoms with Crippen molar-refractivity contribution in [1.82, 2.24) is 4.94 Å². The molecular weight excluding hydrogens is 180 g/mol. The van der Waals surface area contributed by atoms with Crippen LogP contribution in [0.2, 0.25) is 0 Å². The molecule has 0 heterocycles. The lowest BCUT2D eigenvalue weighted by Crippen LogP contribution is -2.12. The molecule has 0 bridgehead atoms. The van der Waals surface area contributed by atoms with Crippen molar-refractivity contribution in [2.45, 2.75) is 0 Å². The lowest BCUT2D eigenvalue weighted by Gasteiger charge is -2.05. The van der Waals surface area contributed by atoms with E-state index in [1.54, 1.807) is 18.2 Å². The Bertz CT molecular complexity index is 290. The molecule has 3 N–H and O–H groups in total. The number of halogens is 1. The number of benzene rings is 1. The van der Waals surface area contributed by atoms with E-state index < -0.39 is 5.97 Å². The number of carboxylic acid groups (broad SMARTS) is 1. The van der Waals surface area contributed by atoms with Crippen LogP contribution in [0.15, 0.2) is 24.3 Å². The third-order valence-corrected chi connectivity index (χ3v) is 1.43. The van der Waals surface area contributed by atoms with Gasteiger partial charge in [0.15, 0.2) is 0 Å². The minimum atomic E-state index is -0.995. The highest BCUT2D eigenvalue weighted by Gasteiger charge is 2.07. The molecule has 0 saturated heterocycles. The van der Waals surface area contributed by atoms with Crippen LogP contribution in [0.4, 0.5) is 5.69 Å². The van der Waals surface area contributed by atoms with Gasteiger partial charge >= 0.3 is 5.97 Å². The third-order valence-electron chi connectivity index (χ3n) is 1.34. The van der Waals surface area contributed by atoms with Crippen LogP contribution in [-0.4, -0.2) is 11.1 Å². The summed E-state index contributed by atoms with van der Waals surface area (Å²) in [6, 6.07) is 6.45. The predicted molar refractivity (Wildman–Crippen MR) is 46.0 cm³/mol. The summed E-state index contributed by atoms with van der Waals surface area (Å²) in [5.74, 6) is -0.995. The van der Waals surface area contributed by atoms with E-state index in [1.165, 1.54) is 6.07 Å². The van der Waals surface area contributed by atoms with Crippen molar-refractivity contribution in [3.8, 4) is 0 Å². The van der Waals surface area contributed by atoms with Crippen LogP contribution in [0.1, 0.15) is 10.4 Å². The maximum Gasteiger partial charge on any atom is 0.337 e. The fourth-order valence-corrected chi connectivity index (χ4v) is 0.931. The van der Waals surface area contributed by atoms with E-state index in [9.17, 15) is 4.79 Å². The second-order valence-electron chi connectivity index (χ2n) is 2.07. The first-order valence-corrected chi connectivity index (χ1v) is 3.57. The number of rotatable bonds is 3. The Kier molecular flexibility index (Phi) is 2.90. The molecule has 0 fully saturated rings. The van der Waals surface area contributed by atoms with Crippen LogP contribution in [0, 0.1) is 0 Å². The molecule has 0 unspecified atom stereocenters. The zero-order valence-electron chi connectivity index (χ0n) is 6.04. The number of anilines is 1. The molecule has 12 heavy (non-hydrogen) atoms. The summed E-state index contributed by atoms with van der Waals surface area (Å²) in [5.41, 5.74) is 3.09. The minimum Gasteiger partial charge on any atom is -0.478 e. The highest BCUT2D eigenvalue weighted by molar-refractivity contribution is 6.14. The van der Waals surface area contributed by atoms with Crippen molar-refractivity contribution in [1.29, 1.82) is 0 Å². The molecule has 1 rings (SSSR count). The molecule has 0 aliphatic rings. The molecule has 0 atom stereocenters. The summed E-state index contributed by atoms with van der Waals surface area (Å²) < 4.78 is 0. The summed E-state index contributed by atoms with van der Waals surface area (Å²) in [6.07, 6.45) is 0. The Labute approximate surface area is 74.2 Å². The van der Waals surface area contributed by atoms with Crippen LogP contribution in [0.3, 0.4) is 0 Å². The zero-order chi connectivity index (χ0) is 8.97. The van der Waals surface area contributed by atoms with Crippen molar-refractivity contribution in [2.75, 3.05) is 5.43 Å². The highest BCUT2D eigenvalue weighted by atomic mass is 35.5. The number of hydrogen-bond donors (Lipinski definition) is 3. The van der Waals surface area contributed by atoms with Gasteiger partial charge in [-0.25, -0.2) is 4.79 Å². The largest absolute Gasteiger partial charge is 0.478 e. The number of hydrazine groups is 1. The maximum atomic E-state index is 10.6. The Morgan fingerprint density at radius 3 is 2.67 bits per heavy atom. The Hall–Kier alpha value is -1.26. The molecule has 1 aromatic rings. The highest BCUT2D eigenvalue weighted by Crippen LogP contribution is 2.13. The van der Waals surface area contributed by atoms with Crippen LogP contribution in [0.25, 0.3) is 0 Å². The van der Waals surface area contributed by atoms with Gasteiger partial charge in [0.25, 0.3) is 0 Å². The Morgan fingerprint density at radius 1 is 1.42 bits per heavy atom. The van der Waals surface area contributed by atoms with Gasteiger partial charge in [0.05, 0.1) is 11.3 Å². The average Bonchev–Trinajstić information content (AvgIpc) is 2.05. The first-order valence-electron chi connectivity index (χ1n) is 3.19. The molecule has 5 heteroatoms.